The Hall–Kier alpha value is -1.75. The van der Waals surface area contributed by atoms with E-state index in [1.807, 2.05) is 48.5 Å². The van der Waals surface area contributed by atoms with E-state index in [2.05, 4.69) is 11.1 Å². The SMILES string of the molecule is COC(c1ccccc1)C(N)Cc1nc2ccccc2s1. The van der Waals surface area contributed by atoms with Crippen LogP contribution < -0.4 is 5.73 Å². The van der Waals surface area contributed by atoms with Crippen molar-refractivity contribution in [2.75, 3.05) is 7.11 Å². The van der Waals surface area contributed by atoms with Crippen molar-refractivity contribution in [2.24, 2.45) is 5.73 Å². The van der Waals surface area contributed by atoms with Gasteiger partial charge in [-0.15, -0.1) is 11.3 Å². The lowest BCUT2D eigenvalue weighted by Gasteiger charge is -2.22. The van der Waals surface area contributed by atoms with Gasteiger partial charge in [-0.1, -0.05) is 42.5 Å². The number of ether oxygens (including phenoxy) is 1. The molecule has 0 radical (unpaired) electrons. The molecule has 1 aromatic heterocycles. The van der Waals surface area contributed by atoms with E-state index in [1.165, 1.54) is 4.70 Å². The molecule has 0 fully saturated rings. The number of benzene rings is 2. The van der Waals surface area contributed by atoms with Crippen LogP contribution in [0.4, 0.5) is 0 Å². The quantitative estimate of drug-likeness (QED) is 0.783. The molecular formula is C17H18N2OS. The number of hydrogen-bond donors (Lipinski definition) is 1. The maximum Gasteiger partial charge on any atom is 0.0976 e. The predicted molar refractivity (Wildman–Crippen MR) is 87.5 cm³/mol. The molecular weight excluding hydrogens is 280 g/mol. The van der Waals surface area contributed by atoms with Crippen molar-refractivity contribution in [3.8, 4) is 0 Å². The molecule has 2 atom stereocenters. The molecule has 2 unspecified atom stereocenters. The molecule has 0 aliphatic carbocycles. The molecule has 0 saturated carbocycles. The summed E-state index contributed by atoms with van der Waals surface area (Å²) < 4.78 is 6.80. The number of hydrogen-bond acceptors (Lipinski definition) is 4. The van der Waals surface area contributed by atoms with Crippen LogP contribution in [-0.4, -0.2) is 18.1 Å². The van der Waals surface area contributed by atoms with Gasteiger partial charge >= 0.3 is 0 Å². The molecule has 3 nitrogen and oxygen atoms in total. The van der Waals surface area contributed by atoms with Crippen molar-refractivity contribution >= 4 is 21.6 Å². The number of nitrogens with zero attached hydrogens (tertiary/aromatic N) is 1. The van der Waals surface area contributed by atoms with Gasteiger partial charge in [0, 0.05) is 19.6 Å². The van der Waals surface area contributed by atoms with Gasteiger partial charge in [0.05, 0.1) is 21.3 Å². The summed E-state index contributed by atoms with van der Waals surface area (Å²) in [5, 5.41) is 1.06. The summed E-state index contributed by atoms with van der Waals surface area (Å²) in [5.74, 6) is 0. The molecule has 3 rings (SSSR count). The minimum absolute atomic E-state index is 0.113. The molecule has 2 aromatic carbocycles. The number of thiazole rings is 1. The van der Waals surface area contributed by atoms with Crippen molar-refractivity contribution in [1.29, 1.82) is 0 Å². The van der Waals surface area contributed by atoms with Gasteiger partial charge in [0.25, 0.3) is 0 Å². The summed E-state index contributed by atoms with van der Waals surface area (Å²) >= 11 is 1.70. The number of fused-ring (bicyclic) bond motifs is 1. The van der Waals surface area contributed by atoms with Crippen molar-refractivity contribution < 1.29 is 4.74 Å². The fourth-order valence-corrected chi connectivity index (χ4v) is 3.56. The van der Waals surface area contributed by atoms with Crippen molar-refractivity contribution in [1.82, 2.24) is 4.98 Å². The predicted octanol–water partition coefficient (Wildman–Crippen LogP) is 3.55. The average Bonchev–Trinajstić information content (AvgIpc) is 2.91. The van der Waals surface area contributed by atoms with Crippen LogP contribution in [0.1, 0.15) is 16.7 Å². The fraction of sp³-hybridized carbons (Fsp3) is 0.235. The maximum absolute atomic E-state index is 6.36. The first kappa shape index (κ1) is 14.2. The Morgan fingerprint density at radius 1 is 1.10 bits per heavy atom. The van der Waals surface area contributed by atoms with Crippen molar-refractivity contribution in [3.05, 3.63) is 65.2 Å². The summed E-state index contributed by atoms with van der Waals surface area (Å²) in [7, 11) is 1.70. The van der Waals surface area contributed by atoms with Crippen LogP contribution in [0, 0.1) is 0 Å². The van der Waals surface area contributed by atoms with E-state index in [4.69, 9.17) is 10.5 Å². The van der Waals surface area contributed by atoms with Crippen LogP contribution in [0.3, 0.4) is 0 Å². The van der Waals surface area contributed by atoms with E-state index < -0.39 is 0 Å². The van der Waals surface area contributed by atoms with Crippen LogP contribution in [0.2, 0.25) is 0 Å². The fourth-order valence-electron chi connectivity index (χ4n) is 2.52. The van der Waals surface area contributed by atoms with Gasteiger partial charge in [0.2, 0.25) is 0 Å². The zero-order valence-corrected chi connectivity index (χ0v) is 12.7. The third kappa shape index (κ3) is 3.13. The zero-order valence-electron chi connectivity index (χ0n) is 11.9. The summed E-state index contributed by atoms with van der Waals surface area (Å²) in [4.78, 5) is 4.65. The molecule has 108 valence electrons. The second-order valence-electron chi connectivity index (χ2n) is 5.01. The number of methoxy groups -OCH3 is 1. The Kier molecular flexibility index (Phi) is 4.29. The van der Waals surface area contributed by atoms with Gasteiger partial charge < -0.3 is 10.5 Å². The third-order valence-corrected chi connectivity index (χ3v) is 4.58. The maximum atomic E-state index is 6.36. The summed E-state index contributed by atoms with van der Waals surface area (Å²) in [5.41, 5.74) is 8.50. The van der Waals surface area contributed by atoms with E-state index in [-0.39, 0.29) is 12.1 Å². The Morgan fingerprint density at radius 2 is 1.81 bits per heavy atom. The molecule has 0 aliphatic heterocycles. The lowest BCUT2D eigenvalue weighted by molar-refractivity contribution is 0.0802. The van der Waals surface area contributed by atoms with Gasteiger partial charge in [0.15, 0.2) is 0 Å². The smallest absolute Gasteiger partial charge is 0.0976 e. The second kappa shape index (κ2) is 6.35. The largest absolute Gasteiger partial charge is 0.375 e. The topological polar surface area (TPSA) is 48.1 Å². The minimum atomic E-state index is -0.113. The van der Waals surface area contributed by atoms with E-state index in [0.717, 1.165) is 16.1 Å². The van der Waals surface area contributed by atoms with E-state index in [9.17, 15) is 0 Å². The highest BCUT2D eigenvalue weighted by Gasteiger charge is 2.21. The second-order valence-corrected chi connectivity index (χ2v) is 6.13. The number of para-hydroxylation sites is 1. The van der Waals surface area contributed by atoms with Crippen LogP contribution in [0.5, 0.6) is 0 Å². The van der Waals surface area contributed by atoms with Crippen LogP contribution in [0.25, 0.3) is 10.2 Å². The molecule has 3 aromatic rings. The third-order valence-electron chi connectivity index (χ3n) is 3.52. The van der Waals surface area contributed by atoms with Gasteiger partial charge in [0.1, 0.15) is 0 Å². The van der Waals surface area contributed by atoms with E-state index >= 15 is 0 Å². The molecule has 4 heteroatoms. The highest BCUT2D eigenvalue weighted by atomic mass is 32.1. The first-order valence-electron chi connectivity index (χ1n) is 6.95. The Bertz CT molecular complexity index is 678. The van der Waals surface area contributed by atoms with Crippen LogP contribution >= 0.6 is 11.3 Å². The van der Waals surface area contributed by atoms with Gasteiger partial charge in [-0.25, -0.2) is 4.98 Å². The standard InChI is InChI=1S/C17H18N2OS/c1-20-17(12-7-3-2-4-8-12)13(18)11-16-19-14-9-5-6-10-15(14)21-16/h2-10,13,17H,11,18H2,1H3. The lowest BCUT2D eigenvalue weighted by atomic mass is 10.0. The summed E-state index contributed by atoms with van der Waals surface area (Å²) in [6, 6.07) is 18.2. The van der Waals surface area contributed by atoms with E-state index in [0.29, 0.717) is 6.42 Å². The number of aromatic nitrogens is 1. The first-order valence-corrected chi connectivity index (χ1v) is 7.77. The van der Waals surface area contributed by atoms with Gasteiger partial charge in [-0.05, 0) is 17.7 Å². The average molecular weight is 298 g/mol. The molecule has 0 spiro atoms. The lowest BCUT2D eigenvalue weighted by Crippen LogP contribution is -2.31. The Morgan fingerprint density at radius 3 is 2.52 bits per heavy atom. The Balaban J connectivity index is 1.79. The molecule has 21 heavy (non-hydrogen) atoms. The molecule has 1 heterocycles. The number of nitrogens with two attached hydrogens (primary N) is 1. The molecule has 0 bridgehead atoms. The van der Waals surface area contributed by atoms with Crippen molar-refractivity contribution in [2.45, 2.75) is 18.6 Å². The minimum Gasteiger partial charge on any atom is -0.375 e. The Labute approximate surface area is 128 Å². The summed E-state index contributed by atoms with van der Waals surface area (Å²) in [6.45, 7) is 0. The monoisotopic (exact) mass is 298 g/mol. The number of rotatable bonds is 5. The highest BCUT2D eigenvalue weighted by Crippen LogP contribution is 2.26. The highest BCUT2D eigenvalue weighted by molar-refractivity contribution is 7.18. The van der Waals surface area contributed by atoms with Crippen LogP contribution in [-0.2, 0) is 11.2 Å². The van der Waals surface area contributed by atoms with Gasteiger partial charge in [-0.2, -0.15) is 0 Å². The van der Waals surface area contributed by atoms with Crippen LogP contribution in [0.15, 0.2) is 54.6 Å². The van der Waals surface area contributed by atoms with Crippen molar-refractivity contribution in [3.63, 3.8) is 0 Å². The molecule has 0 saturated heterocycles. The van der Waals surface area contributed by atoms with E-state index in [1.54, 1.807) is 18.4 Å². The molecule has 0 aliphatic rings. The summed E-state index contributed by atoms with van der Waals surface area (Å²) in [6.07, 6.45) is 0.602. The molecule has 0 amide bonds. The molecule has 2 N–H and O–H groups in total. The first-order chi connectivity index (χ1) is 10.3. The van der Waals surface area contributed by atoms with Gasteiger partial charge in [-0.3, -0.25) is 0 Å². The normalized spacial score (nSPS) is 14.2. The zero-order chi connectivity index (χ0) is 14.7.